The van der Waals surface area contributed by atoms with E-state index in [-0.39, 0.29) is 10.9 Å². The van der Waals surface area contributed by atoms with Gasteiger partial charge < -0.3 is 14.8 Å². The molecule has 0 aliphatic rings. The maximum absolute atomic E-state index is 12.9. The van der Waals surface area contributed by atoms with E-state index in [0.29, 0.717) is 27.4 Å². The number of hydrogen-bond donors (Lipinski definition) is 2. The van der Waals surface area contributed by atoms with Crippen molar-refractivity contribution in [2.45, 2.75) is 0 Å². The minimum Gasteiger partial charge on any atom is -0.497 e. The van der Waals surface area contributed by atoms with Crippen LogP contribution in [0.1, 0.15) is 0 Å². The Kier molecular flexibility index (Phi) is 3.66. The van der Waals surface area contributed by atoms with Crippen molar-refractivity contribution in [2.24, 2.45) is 0 Å². The Balaban J connectivity index is 2.12. The lowest BCUT2D eigenvalue weighted by molar-refractivity contribution is 0.414. The summed E-state index contributed by atoms with van der Waals surface area (Å²) < 4.78 is 6.15. The van der Waals surface area contributed by atoms with Gasteiger partial charge in [0, 0.05) is 16.5 Å². The molecule has 2 aromatic heterocycles. The van der Waals surface area contributed by atoms with Crippen LogP contribution in [0.5, 0.6) is 11.6 Å². The number of nitrogens with one attached hydrogen (secondary N) is 1. The Morgan fingerprint density at radius 3 is 2.77 bits per heavy atom. The largest absolute Gasteiger partial charge is 0.497 e. The molecule has 130 valence electrons. The van der Waals surface area contributed by atoms with Crippen LogP contribution in [0.15, 0.2) is 52.1 Å². The zero-order valence-corrected chi connectivity index (χ0v) is 14.2. The van der Waals surface area contributed by atoms with Crippen LogP contribution >= 0.6 is 11.6 Å². The summed E-state index contributed by atoms with van der Waals surface area (Å²) in [6.45, 7) is 0. The lowest BCUT2D eigenvalue weighted by atomic mass is 10.1. The molecule has 2 N–H and O–H groups in total. The molecule has 7 nitrogen and oxygen atoms in total. The van der Waals surface area contributed by atoms with E-state index >= 15 is 0 Å². The summed E-state index contributed by atoms with van der Waals surface area (Å²) in [5, 5.41) is 14.8. The monoisotopic (exact) mass is 369 g/mol. The molecular formula is C18H12ClN3O4. The number of ether oxygens (including phenoxy) is 1. The number of methoxy groups -OCH3 is 1. The maximum atomic E-state index is 12.9. The molecular weight excluding hydrogens is 358 g/mol. The molecule has 4 rings (SSSR count). The Hall–Kier alpha value is -3.32. The summed E-state index contributed by atoms with van der Waals surface area (Å²) in [6, 6.07) is 11.3. The van der Waals surface area contributed by atoms with Crippen molar-refractivity contribution in [3.05, 3.63) is 68.1 Å². The Morgan fingerprint density at radius 2 is 2.00 bits per heavy atom. The van der Waals surface area contributed by atoms with Crippen molar-refractivity contribution in [1.82, 2.24) is 14.8 Å². The van der Waals surface area contributed by atoms with Crippen molar-refractivity contribution in [1.29, 1.82) is 0 Å². The zero-order chi connectivity index (χ0) is 18.4. The van der Waals surface area contributed by atoms with Gasteiger partial charge in [-0.25, -0.2) is 0 Å². The van der Waals surface area contributed by atoms with Gasteiger partial charge in [-0.15, -0.1) is 5.10 Å². The first kappa shape index (κ1) is 16.2. The van der Waals surface area contributed by atoms with Crippen molar-refractivity contribution in [2.75, 3.05) is 7.11 Å². The third-order valence-corrected chi connectivity index (χ3v) is 4.32. The minimum atomic E-state index is -0.579. The first-order valence-electron chi connectivity index (χ1n) is 7.61. The normalized spacial score (nSPS) is 11.2. The average molecular weight is 370 g/mol. The van der Waals surface area contributed by atoms with Crippen molar-refractivity contribution in [3.63, 3.8) is 0 Å². The van der Waals surface area contributed by atoms with Gasteiger partial charge in [0.25, 0.3) is 5.56 Å². The third-order valence-electron chi connectivity index (χ3n) is 4.09. The molecule has 0 aliphatic heterocycles. The molecule has 2 aromatic carbocycles. The SMILES string of the molecule is COc1cccc(-n2nc(O)c3c(=O)c4ccc(Cl)cc4[nH]c3c2=O)c1. The van der Waals surface area contributed by atoms with E-state index in [0.717, 1.165) is 4.68 Å². The fourth-order valence-electron chi connectivity index (χ4n) is 2.85. The fourth-order valence-corrected chi connectivity index (χ4v) is 3.02. The number of halogens is 1. The van der Waals surface area contributed by atoms with E-state index in [1.54, 1.807) is 36.4 Å². The smallest absolute Gasteiger partial charge is 0.296 e. The van der Waals surface area contributed by atoms with Gasteiger partial charge in [0.15, 0.2) is 0 Å². The van der Waals surface area contributed by atoms with Crippen LogP contribution in [0.2, 0.25) is 5.02 Å². The third kappa shape index (κ3) is 2.41. The van der Waals surface area contributed by atoms with Gasteiger partial charge in [0.1, 0.15) is 16.7 Å². The molecule has 0 saturated carbocycles. The van der Waals surface area contributed by atoms with Gasteiger partial charge in [-0.3, -0.25) is 9.59 Å². The topological polar surface area (TPSA) is 97.2 Å². The van der Waals surface area contributed by atoms with Gasteiger partial charge in [0.2, 0.25) is 11.3 Å². The van der Waals surface area contributed by atoms with E-state index in [2.05, 4.69) is 10.1 Å². The molecule has 4 aromatic rings. The highest BCUT2D eigenvalue weighted by Gasteiger charge is 2.17. The molecule has 0 radical (unpaired) electrons. The predicted molar refractivity (Wildman–Crippen MR) is 98.7 cm³/mol. The average Bonchev–Trinajstić information content (AvgIpc) is 2.64. The van der Waals surface area contributed by atoms with E-state index in [1.807, 2.05) is 0 Å². The van der Waals surface area contributed by atoms with E-state index in [9.17, 15) is 14.7 Å². The van der Waals surface area contributed by atoms with Gasteiger partial charge in [-0.05, 0) is 30.3 Å². The summed E-state index contributed by atoms with van der Waals surface area (Å²) >= 11 is 5.97. The number of pyridine rings is 1. The fraction of sp³-hybridized carbons (Fsp3) is 0.0556. The lowest BCUT2D eigenvalue weighted by Gasteiger charge is -2.09. The van der Waals surface area contributed by atoms with Crippen molar-refractivity contribution in [3.8, 4) is 17.3 Å². The van der Waals surface area contributed by atoms with Crippen LogP contribution in [0.4, 0.5) is 0 Å². The van der Waals surface area contributed by atoms with Crippen LogP contribution < -0.4 is 15.7 Å². The molecule has 0 amide bonds. The summed E-state index contributed by atoms with van der Waals surface area (Å²) in [7, 11) is 1.50. The Labute approximate surface area is 151 Å². The molecule has 0 fully saturated rings. The maximum Gasteiger partial charge on any atom is 0.296 e. The molecule has 0 saturated heterocycles. The van der Waals surface area contributed by atoms with Crippen LogP contribution in [-0.4, -0.2) is 27.0 Å². The van der Waals surface area contributed by atoms with E-state index < -0.39 is 16.9 Å². The molecule has 0 unspecified atom stereocenters. The molecule has 0 bridgehead atoms. The highest BCUT2D eigenvalue weighted by atomic mass is 35.5. The van der Waals surface area contributed by atoms with Crippen LogP contribution in [0.25, 0.3) is 27.5 Å². The number of aromatic hydroxyl groups is 1. The standard InChI is InChI=1S/C18H12ClN3O4/c1-26-11-4-2-3-10(8-11)22-18(25)15-14(17(24)21-22)16(23)12-6-5-9(19)7-13(12)20-15/h2-8H,1H3,(H,20,23)(H,21,24). The summed E-state index contributed by atoms with van der Waals surface area (Å²) in [5.41, 5.74) is -0.344. The van der Waals surface area contributed by atoms with Gasteiger partial charge in [0.05, 0.1) is 18.3 Å². The van der Waals surface area contributed by atoms with Crippen LogP contribution in [0.3, 0.4) is 0 Å². The zero-order valence-electron chi connectivity index (χ0n) is 13.5. The van der Waals surface area contributed by atoms with Gasteiger partial charge in [-0.2, -0.15) is 4.68 Å². The highest BCUT2D eigenvalue weighted by Crippen LogP contribution is 2.22. The first-order chi connectivity index (χ1) is 12.5. The Morgan fingerprint density at radius 1 is 1.19 bits per heavy atom. The number of rotatable bonds is 2. The van der Waals surface area contributed by atoms with E-state index in [4.69, 9.17) is 16.3 Å². The minimum absolute atomic E-state index is 0.0555. The molecule has 0 spiro atoms. The summed E-state index contributed by atoms with van der Waals surface area (Å²) in [5.74, 6) is -0.0184. The Bertz CT molecular complexity index is 1290. The number of aromatic nitrogens is 3. The van der Waals surface area contributed by atoms with E-state index in [1.165, 1.54) is 13.2 Å². The first-order valence-corrected chi connectivity index (χ1v) is 7.99. The van der Waals surface area contributed by atoms with Gasteiger partial charge >= 0.3 is 0 Å². The quantitative estimate of drug-likeness (QED) is 0.529. The summed E-state index contributed by atoms with van der Waals surface area (Å²) in [4.78, 5) is 28.5. The number of hydrogen-bond acceptors (Lipinski definition) is 5. The second-order valence-electron chi connectivity index (χ2n) is 5.64. The lowest BCUT2D eigenvalue weighted by Crippen LogP contribution is -2.24. The number of nitrogens with zero attached hydrogens (tertiary/aromatic N) is 2. The second kappa shape index (κ2) is 5.89. The predicted octanol–water partition coefficient (Wildman–Crippen LogP) is 2.59. The van der Waals surface area contributed by atoms with Crippen molar-refractivity contribution >= 4 is 33.4 Å². The number of fused-ring (bicyclic) bond motifs is 2. The number of benzene rings is 2. The molecule has 8 heteroatoms. The molecule has 0 aliphatic carbocycles. The number of aromatic amines is 1. The van der Waals surface area contributed by atoms with Crippen LogP contribution in [-0.2, 0) is 0 Å². The molecule has 2 heterocycles. The molecule has 26 heavy (non-hydrogen) atoms. The number of H-pyrrole nitrogens is 1. The van der Waals surface area contributed by atoms with Gasteiger partial charge in [-0.1, -0.05) is 17.7 Å². The van der Waals surface area contributed by atoms with Crippen LogP contribution in [0, 0.1) is 0 Å². The summed E-state index contributed by atoms with van der Waals surface area (Å²) in [6.07, 6.45) is 0. The molecule has 0 atom stereocenters. The highest BCUT2D eigenvalue weighted by molar-refractivity contribution is 6.31. The second-order valence-corrected chi connectivity index (χ2v) is 6.07. The van der Waals surface area contributed by atoms with Crippen molar-refractivity contribution < 1.29 is 9.84 Å².